The highest BCUT2D eigenvalue weighted by molar-refractivity contribution is 5.81. The molecule has 27 heavy (non-hydrogen) atoms. The molecule has 0 spiro atoms. The maximum absolute atomic E-state index is 13.1. The number of anilines is 1. The van der Waals surface area contributed by atoms with Crippen LogP contribution in [0, 0.1) is 19.7 Å². The van der Waals surface area contributed by atoms with Crippen LogP contribution in [0.3, 0.4) is 0 Å². The first-order valence-corrected chi connectivity index (χ1v) is 9.51. The molecule has 2 aromatic carbocycles. The Morgan fingerprint density at radius 3 is 2.33 bits per heavy atom. The minimum Gasteiger partial charge on any atom is -0.480 e. The number of carbonyl (C=O) groups is 1. The molecule has 1 fully saturated rings. The fourth-order valence-electron chi connectivity index (χ4n) is 3.43. The predicted molar refractivity (Wildman–Crippen MR) is 106 cm³/mol. The molecular weight excluding hydrogens is 343 g/mol. The van der Waals surface area contributed by atoms with E-state index < -0.39 is 6.10 Å². The largest absolute Gasteiger partial charge is 0.480 e. The molecule has 1 heterocycles. The van der Waals surface area contributed by atoms with Crippen LogP contribution in [-0.2, 0) is 4.79 Å². The van der Waals surface area contributed by atoms with E-state index in [0.717, 1.165) is 30.1 Å². The highest BCUT2D eigenvalue weighted by Crippen LogP contribution is 2.22. The summed E-state index contributed by atoms with van der Waals surface area (Å²) in [5, 5.41) is 0. The second-order valence-electron chi connectivity index (χ2n) is 7.07. The zero-order valence-electron chi connectivity index (χ0n) is 16.2. The zero-order valence-corrected chi connectivity index (χ0v) is 16.2. The monoisotopic (exact) mass is 370 g/mol. The van der Waals surface area contributed by atoms with Crippen LogP contribution in [0.2, 0.25) is 0 Å². The average Bonchev–Trinajstić information content (AvgIpc) is 2.68. The smallest absolute Gasteiger partial charge is 0.263 e. The van der Waals surface area contributed by atoms with Gasteiger partial charge in [0.15, 0.2) is 6.10 Å². The summed E-state index contributed by atoms with van der Waals surface area (Å²) >= 11 is 0. The Kier molecular flexibility index (Phi) is 5.99. The molecule has 0 saturated carbocycles. The molecular formula is C22H27FN2O2. The van der Waals surface area contributed by atoms with Gasteiger partial charge >= 0.3 is 0 Å². The number of carbonyl (C=O) groups excluding carboxylic acids is 1. The van der Waals surface area contributed by atoms with E-state index >= 15 is 0 Å². The summed E-state index contributed by atoms with van der Waals surface area (Å²) in [6.45, 7) is 8.77. The van der Waals surface area contributed by atoms with Crippen LogP contribution in [0.25, 0.3) is 0 Å². The van der Waals surface area contributed by atoms with Gasteiger partial charge < -0.3 is 14.5 Å². The number of nitrogens with zero attached hydrogens (tertiary/aromatic N) is 2. The van der Waals surface area contributed by atoms with Gasteiger partial charge in [0.25, 0.3) is 5.91 Å². The first kappa shape index (κ1) is 19.2. The van der Waals surface area contributed by atoms with Crippen LogP contribution in [0.5, 0.6) is 5.75 Å². The molecule has 0 aromatic heterocycles. The van der Waals surface area contributed by atoms with E-state index in [2.05, 4.69) is 11.0 Å². The van der Waals surface area contributed by atoms with Gasteiger partial charge in [0.1, 0.15) is 11.6 Å². The molecule has 2 aromatic rings. The normalized spacial score (nSPS) is 15.6. The number of ether oxygens (including phenoxy) is 1. The van der Waals surface area contributed by atoms with Crippen molar-refractivity contribution in [2.45, 2.75) is 33.3 Å². The van der Waals surface area contributed by atoms with Crippen LogP contribution in [0.4, 0.5) is 10.1 Å². The first-order chi connectivity index (χ1) is 13.0. The Labute approximate surface area is 160 Å². The molecule has 0 aliphatic carbocycles. The van der Waals surface area contributed by atoms with Gasteiger partial charge in [-0.05, 0) is 56.2 Å². The van der Waals surface area contributed by atoms with Crippen molar-refractivity contribution >= 4 is 11.6 Å². The van der Waals surface area contributed by atoms with Crippen LogP contribution in [0.15, 0.2) is 42.5 Å². The van der Waals surface area contributed by atoms with Gasteiger partial charge in [-0.2, -0.15) is 0 Å². The summed E-state index contributed by atoms with van der Waals surface area (Å²) in [6.07, 6.45) is 0.161. The molecule has 0 N–H and O–H groups in total. The lowest BCUT2D eigenvalue weighted by Crippen LogP contribution is -2.52. The van der Waals surface area contributed by atoms with E-state index in [1.165, 1.54) is 17.7 Å². The Morgan fingerprint density at radius 2 is 1.74 bits per heavy atom. The molecule has 5 heteroatoms. The Morgan fingerprint density at radius 1 is 1.07 bits per heavy atom. The first-order valence-electron chi connectivity index (χ1n) is 9.51. The minimum absolute atomic E-state index is 0.0382. The van der Waals surface area contributed by atoms with Crippen molar-refractivity contribution < 1.29 is 13.9 Å². The third-order valence-electron chi connectivity index (χ3n) is 5.03. The maximum Gasteiger partial charge on any atom is 0.263 e. The second kappa shape index (κ2) is 8.42. The van der Waals surface area contributed by atoms with Gasteiger partial charge in [-0.15, -0.1) is 0 Å². The molecule has 1 saturated heterocycles. The number of benzene rings is 2. The summed E-state index contributed by atoms with van der Waals surface area (Å²) in [5.41, 5.74) is 3.21. The van der Waals surface area contributed by atoms with Gasteiger partial charge in [0.05, 0.1) is 0 Å². The summed E-state index contributed by atoms with van der Waals surface area (Å²) in [7, 11) is 0. The Bertz CT molecular complexity index is 783. The van der Waals surface area contributed by atoms with E-state index in [1.54, 1.807) is 12.1 Å². The molecule has 144 valence electrons. The van der Waals surface area contributed by atoms with E-state index in [1.807, 2.05) is 37.8 Å². The third-order valence-corrected chi connectivity index (χ3v) is 5.03. The summed E-state index contributed by atoms with van der Waals surface area (Å²) in [6, 6.07) is 12.5. The van der Waals surface area contributed by atoms with Crippen LogP contribution < -0.4 is 9.64 Å². The summed E-state index contributed by atoms with van der Waals surface area (Å²) in [5.74, 6) is 0.573. The molecule has 4 nitrogen and oxygen atoms in total. The molecule has 0 unspecified atom stereocenters. The third kappa shape index (κ3) is 4.59. The van der Waals surface area contributed by atoms with Crippen molar-refractivity contribution in [3.05, 3.63) is 59.4 Å². The lowest BCUT2D eigenvalue weighted by atomic mass is 10.1. The molecule has 3 rings (SSSR count). The van der Waals surface area contributed by atoms with Crippen molar-refractivity contribution in [2.24, 2.45) is 0 Å². The standard InChI is InChI=1S/C22H27FN2O2/c1-4-20(27-21-10-5-16(2)15-17(21)3)22(26)25-13-11-24(12-14-25)19-8-6-18(23)7-9-19/h5-10,15,20H,4,11-14H2,1-3H3/t20-/m1/s1. The number of hydrogen-bond acceptors (Lipinski definition) is 3. The fourth-order valence-corrected chi connectivity index (χ4v) is 3.43. The molecule has 1 atom stereocenters. The van der Waals surface area contributed by atoms with Gasteiger partial charge in [0, 0.05) is 31.9 Å². The zero-order chi connectivity index (χ0) is 19.4. The van der Waals surface area contributed by atoms with E-state index in [-0.39, 0.29) is 11.7 Å². The number of rotatable bonds is 5. The van der Waals surface area contributed by atoms with Crippen LogP contribution in [-0.4, -0.2) is 43.1 Å². The highest BCUT2D eigenvalue weighted by atomic mass is 19.1. The van der Waals surface area contributed by atoms with E-state index in [4.69, 9.17) is 4.74 Å². The molecule has 1 aliphatic rings. The predicted octanol–water partition coefficient (Wildman–Crippen LogP) is 3.95. The Balaban J connectivity index is 1.60. The maximum atomic E-state index is 13.1. The van der Waals surface area contributed by atoms with Crippen molar-refractivity contribution in [1.29, 1.82) is 0 Å². The van der Waals surface area contributed by atoms with Crippen LogP contribution in [0.1, 0.15) is 24.5 Å². The molecule has 0 bridgehead atoms. The fraction of sp³-hybridized carbons (Fsp3) is 0.409. The number of aryl methyl sites for hydroxylation is 2. The van der Waals surface area contributed by atoms with Gasteiger partial charge in [-0.1, -0.05) is 24.6 Å². The van der Waals surface area contributed by atoms with Gasteiger partial charge in [0.2, 0.25) is 0 Å². The quantitative estimate of drug-likeness (QED) is 0.799. The van der Waals surface area contributed by atoms with Gasteiger partial charge in [-0.25, -0.2) is 4.39 Å². The summed E-state index contributed by atoms with van der Waals surface area (Å²) < 4.78 is 19.1. The lowest BCUT2D eigenvalue weighted by molar-refractivity contribution is -0.139. The molecule has 0 radical (unpaired) electrons. The second-order valence-corrected chi connectivity index (χ2v) is 7.07. The van der Waals surface area contributed by atoms with E-state index in [9.17, 15) is 9.18 Å². The highest BCUT2D eigenvalue weighted by Gasteiger charge is 2.28. The average molecular weight is 370 g/mol. The number of halogens is 1. The number of hydrogen-bond donors (Lipinski definition) is 0. The van der Waals surface area contributed by atoms with Crippen molar-refractivity contribution in [3.63, 3.8) is 0 Å². The van der Waals surface area contributed by atoms with E-state index in [0.29, 0.717) is 19.5 Å². The number of amides is 1. The van der Waals surface area contributed by atoms with Crippen molar-refractivity contribution in [2.75, 3.05) is 31.1 Å². The summed E-state index contributed by atoms with van der Waals surface area (Å²) in [4.78, 5) is 17.0. The lowest BCUT2D eigenvalue weighted by Gasteiger charge is -2.37. The van der Waals surface area contributed by atoms with Crippen molar-refractivity contribution in [3.8, 4) is 5.75 Å². The van der Waals surface area contributed by atoms with Crippen LogP contribution >= 0.6 is 0 Å². The Hall–Kier alpha value is -2.56. The minimum atomic E-state index is -0.469. The molecule has 1 aliphatic heterocycles. The van der Waals surface area contributed by atoms with Gasteiger partial charge in [-0.3, -0.25) is 4.79 Å². The molecule has 1 amide bonds. The number of piperazine rings is 1. The topological polar surface area (TPSA) is 32.8 Å². The SMILES string of the molecule is CC[C@@H](Oc1ccc(C)cc1C)C(=O)N1CCN(c2ccc(F)cc2)CC1. The van der Waals surface area contributed by atoms with Crippen molar-refractivity contribution in [1.82, 2.24) is 4.90 Å².